The van der Waals surface area contributed by atoms with Crippen LogP contribution in [-0.2, 0) is 19.1 Å². The Balaban J connectivity index is 2.29. The lowest BCUT2D eigenvalue weighted by Gasteiger charge is -2.35. The summed E-state index contributed by atoms with van der Waals surface area (Å²) in [6.07, 6.45) is 2.89. The summed E-state index contributed by atoms with van der Waals surface area (Å²) in [5, 5.41) is 0. The maximum atomic E-state index is 11.3. The second-order valence-corrected chi connectivity index (χ2v) is 3.66. The molecule has 0 saturated carbocycles. The van der Waals surface area contributed by atoms with E-state index in [1.165, 1.54) is 6.26 Å². The van der Waals surface area contributed by atoms with E-state index in [-0.39, 0.29) is 23.9 Å². The first-order chi connectivity index (χ1) is 6.74. The van der Waals surface area contributed by atoms with Gasteiger partial charge in [-0.05, 0) is 13.3 Å². The molecule has 0 amide bonds. The number of cyclic esters (lactones) is 1. The molecule has 3 atom stereocenters. The van der Waals surface area contributed by atoms with Crippen molar-refractivity contribution in [1.29, 1.82) is 0 Å². The first-order valence-corrected chi connectivity index (χ1v) is 4.72. The summed E-state index contributed by atoms with van der Waals surface area (Å²) in [5.41, 5.74) is 0.506. The van der Waals surface area contributed by atoms with Crippen molar-refractivity contribution in [2.24, 2.45) is 11.8 Å². The monoisotopic (exact) mass is 196 g/mol. The van der Waals surface area contributed by atoms with Gasteiger partial charge in [0.25, 0.3) is 0 Å². The summed E-state index contributed by atoms with van der Waals surface area (Å²) in [6.45, 7) is 2.24. The molecule has 2 rings (SSSR count). The van der Waals surface area contributed by atoms with Gasteiger partial charge in [0.15, 0.2) is 0 Å². The molecule has 1 fully saturated rings. The van der Waals surface area contributed by atoms with Gasteiger partial charge in [0, 0.05) is 5.92 Å². The van der Waals surface area contributed by atoms with Crippen LogP contribution < -0.4 is 0 Å². The largest absolute Gasteiger partial charge is 0.497 e. The molecule has 2 aliphatic heterocycles. The standard InChI is InChI=1S/C10H12O4/c1-6-8(4-11)7-2-3-13-10(12)9(7)5-14-6/h4-8H,2-3H2,1H3/t6-,7+,8-/m1/s1. The van der Waals surface area contributed by atoms with Crippen molar-refractivity contribution in [2.45, 2.75) is 19.4 Å². The zero-order chi connectivity index (χ0) is 10.1. The molecule has 1 saturated heterocycles. The maximum absolute atomic E-state index is 11.3. The zero-order valence-corrected chi connectivity index (χ0v) is 7.93. The molecule has 0 aliphatic carbocycles. The van der Waals surface area contributed by atoms with Gasteiger partial charge in [-0.1, -0.05) is 0 Å². The van der Waals surface area contributed by atoms with Gasteiger partial charge in [0.2, 0.25) is 0 Å². The van der Waals surface area contributed by atoms with E-state index >= 15 is 0 Å². The van der Waals surface area contributed by atoms with Crippen LogP contribution in [0, 0.1) is 11.8 Å². The van der Waals surface area contributed by atoms with Crippen molar-refractivity contribution in [2.75, 3.05) is 6.61 Å². The summed E-state index contributed by atoms with van der Waals surface area (Å²) >= 11 is 0. The molecule has 0 radical (unpaired) electrons. The lowest BCUT2D eigenvalue weighted by molar-refractivity contribution is -0.145. The Morgan fingerprint density at radius 1 is 1.57 bits per heavy atom. The normalized spacial score (nSPS) is 36.2. The lowest BCUT2D eigenvalue weighted by Crippen LogP contribution is -2.39. The molecule has 2 aliphatic rings. The highest BCUT2D eigenvalue weighted by molar-refractivity contribution is 5.90. The average molecular weight is 196 g/mol. The third-order valence-corrected chi connectivity index (χ3v) is 2.87. The van der Waals surface area contributed by atoms with Gasteiger partial charge in [-0.3, -0.25) is 0 Å². The van der Waals surface area contributed by atoms with Gasteiger partial charge in [-0.2, -0.15) is 0 Å². The predicted octanol–water partition coefficient (Wildman–Crippen LogP) is 0.667. The second-order valence-electron chi connectivity index (χ2n) is 3.66. The molecule has 0 unspecified atom stereocenters. The SMILES string of the molecule is C[C@H]1OC=C2C(=O)OCC[C@H]2[C@@H]1C=O. The fraction of sp³-hybridized carbons (Fsp3) is 0.600. The van der Waals surface area contributed by atoms with Crippen LogP contribution in [0.25, 0.3) is 0 Å². The molecule has 0 spiro atoms. The molecule has 4 heteroatoms. The second kappa shape index (κ2) is 3.44. The van der Waals surface area contributed by atoms with Crippen LogP contribution in [0.2, 0.25) is 0 Å². The lowest BCUT2D eigenvalue weighted by atomic mass is 9.79. The Morgan fingerprint density at radius 3 is 3.07 bits per heavy atom. The van der Waals surface area contributed by atoms with Crippen LogP contribution in [0.3, 0.4) is 0 Å². The summed E-state index contributed by atoms with van der Waals surface area (Å²) in [7, 11) is 0. The van der Waals surface area contributed by atoms with E-state index in [0.717, 1.165) is 6.29 Å². The van der Waals surface area contributed by atoms with Crippen LogP contribution >= 0.6 is 0 Å². The predicted molar refractivity (Wildman–Crippen MR) is 47.3 cm³/mol. The fourth-order valence-corrected chi connectivity index (χ4v) is 2.01. The minimum atomic E-state index is -0.347. The van der Waals surface area contributed by atoms with Gasteiger partial charge in [-0.15, -0.1) is 0 Å². The number of hydrogen-bond donors (Lipinski definition) is 0. The van der Waals surface area contributed by atoms with Crippen molar-refractivity contribution >= 4 is 12.3 Å². The van der Waals surface area contributed by atoms with Crippen molar-refractivity contribution in [3.63, 3.8) is 0 Å². The third kappa shape index (κ3) is 1.31. The fourth-order valence-electron chi connectivity index (χ4n) is 2.01. The van der Waals surface area contributed by atoms with Gasteiger partial charge >= 0.3 is 5.97 Å². The Morgan fingerprint density at radius 2 is 2.36 bits per heavy atom. The smallest absolute Gasteiger partial charge is 0.337 e. The Kier molecular flexibility index (Phi) is 2.27. The molecule has 0 N–H and O–H groups in total. The number of carbonyl (C=O) groups is 2. The molecule has 0 aromatic carbocycles. The van der Waals surface area contributed by atoms with Crippen molar-refractivity contribution in [3.05, 3.63) is 11.8 Å². The van der Waals surface area contributed by atoms with E-state index in [1.54, 1.807) is 0 Å². The summed E-state index contributed by atoms with van der Waals surface area (Å²) in [6, 6.07) is 0. The van der Waals surface area contributed by atoms with Crippen molar-refractivity contribution < 1.29 is 19.1 Å². The number of fused-ring (bicyclic) bond motifs is 1. The van der Waals surface area contributed by atoms with Gasteiger partial charge < -0.3 is 14.3 Å². The average Bonchev–Trinajstić information content (AvgIpc) is 2.18. The van der Waals surface area contributed by atoms with E-state index < -0.39 is 0 Å². The Labute approximate surface area is 81.9 Å². The molecular formula is C10H12O4. The van der Waals surface area contributed by atoms with E-state index in [9.17, 15) is 9.59 Å². The Hall–Kier alpha value is -1.32. The van der Waals surface area contributed by atoms with Crippen LogP contribution in [0.1, 0.15) is 13.3 Å². The van der Waals surface area contributed by atoms with Crippen LogP contribution in [-0.4, -0.2) is 25.0 Å². The Bertz CT molecular complexity index is 294. The maximum Gasteiger partial charge on any atom is 0.337 e. The minimum Gasteiger partial charge on any atom is -0.497 e. The van der Waals surface area contributed by atoms with Crippen molar-refractivity contribution in [3.8, 4) is 0 Å². The molecule has 0 aromatic rings. The van der Waals surface area contributed by atoms with Gasteiger partial charge in [-0.25, -0.2) is 4.79 Å². The van der Waals surface area contributed by atoms with Crippen LogP contribution in [0.5, 0.6) is 0 Å². The van der Waals surface area contributed by atoms with Crippen LogP contribution in [0.4, 0.5) is 0 Å². The molecule has 76 valence electrons. The van der Waals surface area contributed by atoms with E-state index in [2.05, 4.69) is 0 Å². The number of rotatable bonds is 1. The first-order valence-electron chi connectivity index (χ1n) is 4.72. The molecule has 2 heterocycles. The first kappa shape index (κ1) is 9.24. The number of aldehydes is 1. The number of carbonyl (C=O) groups excluding carboxylic acids is 2. The van der Waals surface area contributed by atoms with Gasteiger partial charge in [0.05, 0.1) is 24.4 Å². The highest BCUT2D eigenvalue weighted by atomic mass is 16.5. The molecular weight excluding hydrogens is 184 g/mol. The molecule has 0 aromatic heterocycles. The topological polar surface area (TPSA) is 52.6 Å². The number of ether oxygens (including phenoxy) is 2. The number of esters is 1. The van der Waals surface area contributed by atoms with Gasteiger partial charge in [0.1, 0.15) is 12.4 Å². The van der Waals surface area contributed by atoms with E-state index in [4.69, 9.17) is 9.47 Å². The summed E-state index contributed by atoms with van der Waals surface area (Å²) in [5.74, 6) is -0.583. The highest BCUT2D eigenvalue weighted by Crippen LogP contribution is 2.34. The zero-order valence-electron chi connectivity index (χ0n) is 7.93. The van der Waals surface area contributed by atoms with E-state index in [0.29, 0.717) is 18.6 Å². The summed E-state index contributed by atoms with van der Waals surface area (Å²) < 4.78 is 10.1. The number of hydrogen-bond acceptors (Lipinski definition) is 4. The third-order valence-electron chi connectivity index (χ3n) is 2.87. The molecule has 4 nitrogen and oxygen atoms in total. The molecule has 0 bridgehead atoms. The summed E-state index contributed by atoms with van der Waals surface area (Å²) in [4.78, 5) is 22.2. The highest BCUT2D eigenvalue weighted by Gasteiger charge is 2.39. The minimum absolute atomic E-state index is 0.0162. The van der Waals surface area contributed by atoms with Crippen molar-refractivity contribution in [1.82, 2.24) is 0 Å². The quantitative estimate of drug-likeness (QED) is 0.457. The van der Waals surface area contributed by atoms with Crippen LogP contribution in [0.15, 0.2) is 11.8 Å². The van der Waals surface area contributed by atoms with E-state index in [1.807, 2.05) is 6.92 Å². The molecule has 14 heavy (non-hydrogen) atoms.